The minimum atomic E-state index is -0.241. The number of fused-ring (bicyclic) bond motifs is 1. The summed E-state index contributed by atoms with van der Waals surface area (Å²) in [6.45, 7) is 4.25. The van der Waals surface area contributed by atoms with Gasteiger partial charge < -0.3 is 19.4 Å². The van der Waals surface area contributed by atoms with Crippen molar-refractivity contribution < 1.29 is 18.7 Å². The molecule has 29 heavy (non-hydrogen) atoms. The molecular formula is C21H23N3O4S. The number of thiophene rings is 1. The Morgan fingerprint density at radius 3 is 2.76 bits per heavy atom. The summed E-state index contributed by atoms with van der Waals surface area (Å²) < 4.78 is 10.9. The van der Waals surface area contributed by atoms with E-state index in [4.69, 9.17) is 9.15 Å². The van der Waals surface area contributed by atoms with E-state index in [-0.39, 0.29) is 17.6 Å². The smallest absolute Gasteiger partial charge is 0.287 e. The van der Waals surface area contributed by atoms with Crippen LogP contribution in [-0.4, -0.2) is 68.0 Å². The molecule has 0 spiro atoms. The van der Waals surface area contributed by atoms with Crippen molar-refractivity contribution in [3.63, 3.8) is 0 Å². The number of para-hydroxylation sites is 1. The Morgan fingerprint density at radius 1 is 1.21 bits per heavy atom. The third kappa shape index (κ3) is 4.28. The second kappa shape index (κ2) is 8.67. The number of hydrogen-bond donors (Lipinski definition) is 1. The maximum absolute atomic E-state index is 12.4. The number of furan rings is 1. The molecule has 0 radical (unpaired) electrons. The van der Waals surface area contributed by atoms with Crippen LogP contribution in [0.4, 0.5) is 0 Å². The molecule has 0 unspecified atom stereocenters. The SMILES string of the molecule is COc1cccc2cc(C(=O)NCCN3CCN(C(=O)c4ccsc4)CC3)oc12. The molecular weight excluding hydrogens is 390 g/mol. The molecule has 3 heterocycles. The number of nitrogens with one attached hydrogen (secondary N) is 1. The third-order valence-corrected chi connectivity index (χ3v) is 5.78. The molecule has 2 aromatic heterocycles. The van der Waals surface area contributed by atoms with Crippen LogP contribution in [0.1, 0.15) is 20.9 Å². The number of nitrogens with zero attached hydrogens (tertiary/aromatic N) is 2. The summed E-state index contributed by atoms with van der Waals surface area (Å²) in [7, 11) is 1.57. The predicted octanol–water partition coefficient (Wildman–Crippen LogP) is 2.69. The Morgan fingerprint density at radius 2 is 2.03 bits per heavy atom. The monoisotopic (exact) mass is 413 g/mol. The summed E-state index contributed by atoms with van der Waals surface area (Å²) in [5.74, 6) is 0.737. The fraction of sp³-hybridized carbons (Fsp3) is 0.333. The summed E-state index contributed by atoms with van der Waals surface area (Å²) >= 11 is 1.53. The van der Waals surface area contributed by atoms with Crippen LogP contribution in [0.5, 0.6) is 5.75 Å². The topological polar surface area (TPSA) is 75.0 Å². The molecule has 1 saturated heterocycles. The zero-order valence-corrected chi connectivity index (χ0v) is 17.0. The normalized spacial score (nSPS) is 14.9. The lowest BCUT2D eigenvalue weighted by Crippen LogP contribution is -2.50. The van der Waals surface area contributed by atoms with Gasteiger partial charge in [-0.2, -0.15) is 11.3 Å². The summed E-state index contributed by atoms with van der Waals surface area (Å²) in [4.78, 5) is 28.9. The van der Waals surface area contributed by atoms with Gasteiger partial charge in [0.25, 0.3) is 11.8 Å². The van der Waals surface area contributed by atoms with Crippen LogP contribution in [0.25, 0.3) is 11.0 Å². The molecule has 0 bridgehead atoms. The number of benzene rings is 1. The van der Waals surface area contributed by atoms with Gasteiger partial charge in [-0.15, -0.1) is 0 Å². The lowest BCUT2D eigenvalue weighted by molar-refractivity contribution is 0.0638. The second-order valence-corrected chi connectivity index (χ2v) is 7.67. The first kappa shape index (κ1) is 19.5. The maximum atomic E-state index is 12.4. The van der Waals surface area contributed by atoms with E-state index in [2.05, 4.69) is 10.2 Å². The minimum absolute atomic E-state index is 0.0968. The van der Waals surface area contributed by atoms with E-state index in [1.165, 1.54) is 11.3 Å². The number of rotatable bonds is 6. The van der Waals surface area contributed by atoms with Gasteiger partial charge in [-0.3, -0.25) is 14.5 Å². The van der Waals surface area contributed by atoms with Crippen molar-refractivity contribution in [2.75, 3.05) is 46.4 Å². The first-order valence-corrected chi connectivity index (χ1v) is 10.5. The van der Waals surface area contributed by atoms with E-state index >= 15 is 0 Å². The van der Waals surface area contributed by atoms with Crippen LogP contribution in [0.2, 0.25) is 0 Å². The van der Waals surface area contributed by atoms with Crippen molar-refractivity contribution in [2.24, 2.45) is 0 Å². The van der Waals surface area contributed by atoms with Crippen LogP contribution >= 0.6 is 11.3 Å². The molecule has 0 aliphatic carbocycles. The van der Waals surface area contributed by atoms with E-state index in [0.29, 0.717) is 31.0 Å². The Bertz CT molecular complexity index is 991. The lowest BCUT2D eigenvalue weighted by Gasteiger charge is -2.34. The van der Waals surface area contributed by atoms with Crippen LogP contribution in [0.15, 0.2) is 45.5 Å². The molecule has 152 valence electrons. The highest BCUT2D eigenvalue weighted by Gasteiger charge is 2.22. The van der Waals surface area contributed by atoms with Gasteiger partial charge in [0.1, 0.15) is 0 Å². The summed E-state index contributed by atoms with van der Waals surface area (Å²) in [6, 6.07) is 9.14. The molecule has 1 aromatic carbocycles. The van der Waals surface area contributed by atoms with E-state index in [0.717, 1.165) is 30.6 Å². The van der Waals surface area contributed by atoms with Crippen molar-refractivity contribution in [3.05, 3.63) is 52.4 Å². The van der Waals surface area contributed by atoms with Gasteiger partial charge in [-0.25, -0.2) is 0 Å². The number of methoxy groups -OCH3 is 1. The largest absolute Gasteiger partial charge is 0.493 e. The average Bonchev–Trinajstić information content (AvgIpc) is 3.43. The van der Waals surface area contributed by atoms with Crippen LogP contribution in [0.3, 0.4) is 0 Å². The highest BCUT2D eigenvalue weighted by molar-refractivity contribution is 7.08. The molecule has 0 atom stereocenters. The molecule has 1 aliphatic rings. The molecule has 3 aromatic rings. The van der Waals surface area contributed by atoms with Crippen molar-refractivity contribution in [1.29, 1.82) is 0 Å². The second-order valence-electron chi connectivity index (χ2n) is 6.89. The van der Waals surface area contributed by atoms with Gasteiger partial charge in [0.15, 0.2) is 17.1 Å². The van der Waals surface area contributed by atoms with Crippen molar-refractivity contribution in [2.45, 2.75) is 0 Å². The standard InChI is InChI=1S/C21H23N3O4S/c1-27-17-4-2-3-15-13-18(28-19(15)17)20(25)22-6-7-23-8-10-24(11-9-23)21(26)16-5-12-29-14-16/h2-5,12-14H,6-11H2,1H3,(H,22,25). The van der Waals surface area contributed by atoms with Gasteiger partial charge in [-0.05, 0) is 23.6 Å². The third-order valence-electron chi connectivity index (χ3n) is 5.09. The molecule has 4 rings (SSSR count). The zero-order chi connectivity index (χ0) is 20.2. The quantitative estimate of drug-likeness (QED) is 0.673. The molecule has 1 fully saturated rings. The fourth-order valence-electron chi connectivity index (χ4n) is 3.47. The van der Waals surface area contributed by atoms with E-state index in [9.17, 15) is 9.59 Å². The molecule has 7 nitrogen and oxygen atoms in total. The zero-order valence-electron chi connectivity index (χ0n) is 16.2. The van der Waals surface area contributed by atoms with Gasteiger partial charge in [0.2, 0.25) is 0 Å². The van der Waals surface area contributed by atoms with Crippen molar-refractivity contribution in [1.82, 2.24) is 15.1 Å². The van der Waals surface area contributed by atoms with E-state index in [1.54, 1.807) is 19.2 Å². The first-order valence-electron chi connectivity index (χ1n) is 9.54. The number of carbonyl (C=O) groups is 2. The number of ether oxygens (including phenoxy) is 1. The van der Waals surface area contributed by atoms with Gasteiger partial charge in [0, 0.05) is 50.0 Å². The highest BCUT2D eigenvalue weighted by Crippen LogP contribution is 2.28. The number of amides is 2. The van der Waals surface area contributed by atoms with Crippen LogP contribution < -0.4 is 10.1 Å². The molecule has 1 aliphatic heterocycles. The van der Waals surface area contributed by atoms with E-state index in [1.807, 2.05) is 33.9 Å². The van der Waals surface area contributed by atoms with Crippen LogP contribution in [0, 0.1) is 0 Å². The molecule has 1 N–H and O–H groups in total. The number of piperazine rings is 1. The summed E-state index contributed by atoms with van der Waals surface area (Å²) in [5.41, 5.74) is 1.34. The van der Waals surface area contributed by atoms with Crippen LogP contribution in [-0.2, 0) is 0 Å². The summed E-state index contributed by atoms with van der Waals surface area (Å²) in [6.07, 6.45) is 0. The Balaban J connectivity index is 1.25. The van der Waals surface area contributed by atoms with Crippen molar-refractivity contribution in [3.8, 4) is 5.75 Å². The van der Waals surface area contributed by atoms with Gasteiger partial charge >= 0.3 is 0 Å². The number of carbonyl (C=O) groups excluding carboxylic acids is 2. The highest BCUT2D eigenvalue weighted by atomic mass is 32.1. The van der Waals surface area contributed by atoms with Crippen molar-refractivity contribution >= 4 is 34.1 Å². The average molecular weight is 413 g/mol. The minimum Gasteiger partial charge on any atom is -0.493 e. The lowest BCUT2D eigenvalue weighted by atomic mass is 10.2. The molecule has 8 heteroatoms. The Hall–Kier alpha value is -2.84. The first-order chi connectivity index (χ1) is 14.2. The molecule has 0 saturated carbocycles. The fourth-order valence-corrected chi connectivity index (χ4v) is 4.10. The maximum Gasteiger partial charge on any atom is 0.287 e. The Kier molecular flexibility index (Phi) is 5.82. The van der Waals surface area contributed by atoms with Gasteiger partial charge in [0.05, 0.1) is 12.7 Å². The number of hydrogen-bond acceptors (Lipinski definition) is 6. The summed E-state index contributed by atoms with van der Waals surface area (Å²) in [5, 5.41) is 7.55. The molecule has 2 amide bonds. The van der Waals surface area contributed by atoms with E-state index < -0.39 is 0 Å². The predicted molar refractivity (Wildman–Crippen MR) is 112 cm³/mol. The van der Waals surface area contributed by atoms with Gasteiger partial charge in [-0.1, -0.05) is 12.1 Å². The Labute approximate surface area is 172 Å².